The SMILES string of the molecule is Cc1cc(C#N)nc2c1cc(Cc1c(Cl)ccc(C(=O)N3CCC(O)CC3)c1Cl)n2C. The van der Waals surface area contributed by atoms with Crippen LogP contribution in [-0.2, 0) is 13.5 Å². The van der Waals surface area contributed by atoms with Crippen LogP contribution in [0.1, 0.15) is 45.7 Å². The number of likely N-dealkylation sites (tertiary alicyclic amines) is 1. The van der Waals surface area contributed by atoms with Crippen LogP contribution >= 0.6 is 23.2 Å². The lowest BCUT2D eigenvalue weighted by molar-refractivity contribution is 0.0546. The fourth-order valence-corrected chi connectivity index (χ4v) is 4.66. The highest BCUT2D eigenvalue weighted by Gasteiger charge is 2.25. The third kappa shape index (κ3) is 4.01. The monoisotopic (exact) mass is 456 g/mol. The second-order valence-corrected chi connectivity index (χ2v) is 8.74. The minimum atomic E-state index is -0.356. The maximum atomic E-state index is 13.0. The second-order valence-electron chi connectivity index (χ2n) is 7.96. The van der Waals surface area contributed by atoms with E-state index in [9.17, 15) is 15.2 Å². The molecule has 160 valence electrons. The van der Waals surface area contributed by atoms with Gasteiger partial charge < -0.3 is 14.6 Å². The van der Waals surface area contributed by atoms with Crippen LogP contribution in [0.2, 0.25) is 10.0 Å². The minimum absolute atomic E-state index is 0.150. The maximum absolute atomic E-state index is 13.0. The van der Waals surface area contributed by atoms with Crippen molar-refractivity contribution in [3.63, 3.8) is 0 Å². The van der Waals surface area contributed by atoms with Gasteiger partial charge in [0.1, 0.15) is 17.4 Å². The summed E-state index contributed by atoms with van der Waals surface area (Å²) in [6.07, 6.45) is 1.20. The van der Waals surface area contributed by atoms with E-state index in [-0.39, 0.29) is 12.0 Å². The van der Waals surface area contributed by atoms with Crippen molar-refractivity contribution >= 4 is 40.1 Å². The Kier molecular flexibility index (Phi) is 5.94. The van der Waals surface area contributed by atoms with Crippen molar-refractivity contribution in [2.24, 2.45) is 7.05 Å². The summed E-state index contributed by atoms with van der Waals surface area (Å²) < 4.78 is 1.93. The number of fused-ring (bicyclic) bond motifs is 1. The molecule has 0 atom stereocenters. The van der Waals surface area contributed by atoms with E-state index in [2.05, 4.69) is 11.1 Å². The van der Waals surface area contributed by atoms with E-state index in [1.807, 2.05) is 24.6 Å². The third-order valence-corrected chi connectivity index (χ3v) is 6.73. The lowest BCUT2D eigenvalue weighted by Crippen LogP contribution is -2.40. The third-order valence-electron chi connectivity index (χ3n) is 5.95. The first-order valence-electron chi connectivity index (χ1n) is 10.1. The van der Waals surface area contributed by atoms with Gasteiger partial charge in [0.15, 0.2) is 0 Å². The summed E-state index contributed by atoms with van der Waals surface area (Å²) in [5, 5.41) is 20.7. The molecule has 1 N–H and O–H groups in total. The molecule has 0 aliphatic carbocycles. The van der Waals surface area contributed by atoms with Crippen LogP contribution in [0.5, 0.6) is 0 Å². The number of hydrogen-bond acceptors (Lipinski definition) is 4. The molecule has 0 radical (unpaired) electrons. The number of nitriles is 1. The largest absolute Gasteiger partial charge is 0.393 e. The average molecular weight is 457 g/mol. The Balaban J connectivity index is 1.70. The van der Waals surface area contributed by atoms with Gasteiger partial charge in [0.05, 0.1) is 16.7 Å². The normalized spacial score (nSPS) is 14.8. The summed E-state index contributed by atoms with van der Waals surface area (Å²) in [5.74, 6) is -0.150. The van der Waals surface area contributed by atoms with Crippen molar-refractivity contribution in [3.8, 4) is 6.07 Å². The zero-order valence-electron chi connectivity index (χ0n) is 17.3. The molecule has 0 bridgehead atoms. The van der Waals surface area contributed by atoms with Gasteiger partial charge in [-0.2, -0.15) is 5.26 Å². The average Bonchev–Trinajstić information content (AvgIpc) is 3.07. The number of carbonyl (C=O) groups is 1. The van der Waals surface area contributed by atoms with Crippen molar-refractivity contribution in [3.05, 3.63) is 62.4 Å². The van der Waals surface area contributed by atoms with Gasteiger partial charge in [-0.05, 0) is 55.2 Å². The Labute approximate surface area is 190 Å². The molecule has 1 aromatic carbocycles. The first-order chi connectivity index (χ1) is 14.8. The molecule has 6 nitrogen and oxygen atoms in total. The molecular weight excluding hydrogens is 435 g/mol. The predicted molar refractivity (Wildman–Crippen MR) is 121 cm³/mol. The molecule has 0 spiro atoms. The van der Waals surface area contributed by atoms with Gasteiger partial charge in [-0.15, -0.1) is 0 Å². The first-order valence-corrected chi connectivity index (χ1v) is 10.9. The first kappa shape index (κ1) is 21.6. The van der Waals surface area contributed by atoms with Crippen LogP contribution in [0.3, 0.4) is 0 Å². The Bertz CT molecular complexity index is 1220. The summed E-state index contributed by atoms with van der Waals surface area (Å²) in [6.45, 7) is 2.96. The molecule has 31 heavy (non-hydrogen) atoms. The van der Waals surface area contributed by atoms with E-state index < -0.39 is 0 Å². The number of nitrogens with zero attached hydrogens (tertiary/aromatic N) is 4. The molecule has 2 aromatic heterocycles. The standard InChI is InChI=1S/C23H22Cl2N4O2/c1-13-9-14(12-26)27-22-18(13)10-15(28(22)2)11-19-20(24)4-3-17(21(19)25)23(31)29-7-5-16(30)6-8-29/h3-4,9-10,16,30H,5-8,11H2,1-2H3. The van der Waals surface area contributed by atoms with E-state index in [0.29, 0.717) is 59.2 Å². The fraction of sp³-hybridized carbons (Fsp3) is 0.348. The van der Waals surface area contributed by atoms with E-state index in [1.165, 1.54) is 0 Å². The number of benzene rings is 1. The predicted octanol–water partition coefficient (Wildman–Crippen LogP) is 4.25. The number of rotatable bonds is 3. The van der Waals surface area contributed by atoms with E-state index >= 15 is 0 Å². The highest BCUT2D eigenvalue weighted by atomic mass is 35.5. The molecule has 1 aliphatic rings. The van der Waals surface area contributed by atoms with Gasteiger partial charge in [0, 0.05) is 42.7 Å². The van der Waals surface area contributed by atoms with Crippen molar-refractivity contribution in [2.45, 2.75) is 32.3 Å². The van der Waals surface area contributed by atoms with E-state index in [1.54, 1.807) is 23.1 Å². The van der Waals surface area contributed by atoms with Crippen molar-refractivity contribution in [1.82, 2.24) is 14.5 Å². The Morgan fingerprint density at radius 1 is 1.29 bits per heavy atom. The molecular formula is C23H22Cl2N4O2. The number of hydrogen-bond donors (Lipinski definition) is 1. The molecule has 8 heteroatoms. The summed E-state index contributed by atoms with van der Waals surface area (Å²) in [4.78, 5) is 19.2. The molecule has 4 rings (SSSR count). The zero-order chi connectivity index (χ0) is 22.3. The van der Waals surface area contributed by atoms with Crippen molar-refractivity contribution < 1.29 is 9.90 Å². The second kappa shape index (κ2) is 8.51. The van der Waals surface area contributed by atoms with E-state index in [4.69, 9.17) is 23.2 Å². The molecule has 3 heterocycles. The van der Waals surface area contributed by atoms with Crippen LogP contribution in [0.4, 0.5) is 0 Å². The topological polar surface area (TPSA) is 82.2 Å². The number of aliphatic hydroxyl groups is 1. The highest BCUT2D eigenvalue weighted by Crippen LogP contribution is 2.33. The maximum Gasteiger partial charge on any atom is 0.255 e. The molecule has 3 aromatic rings. The molecule has 0 saturated carbocycles. The van der Waals surface area contributed by atoms with Crippen LogP contribution in [0.25, 0.3) is 11.0 Å². The Morgan fingerprint density at radius 2 is 2.00 bits per heavy atom. The van der Waals surface area contributed by atoms with Crippen LogP contribution in [-0.4, -0.2) is 44.7 Å². The number of amides is 1. The van der Waals surface area contributed by atoms with Gasteiger partial charge in [-0.1, -0.05) is 23.2 Å². The fourth-order valence-electron chi connectivity index (χ4n) is 4.07. The van der Waals surface area contributed by atoms with Gasteiger partial charge in [-0.3, -0.25) is 4.79 Å². The number of piperidine rings is 1. The summed E-state index contributed by atoms with van der Waals surface area (Å²) >= 11 is 13.2. The van der Waals surface area contributed by atoms with Crippen molar-refractivity contribution in [1.29, 1.82) is 5.26 Å². The summed E-state index contributed by atoms with van der Waals surface area (Å²) in [5.41, 5.74) is 4.07. The molecule has 1 saturated heterocycles. The molecule has 1 aliphatic heterocycles. The highest BCUT2D eigenvalue weighted by molar-refractivity contribution is 6.38. The number of pyridine rings is 1. The quantitative estimate of drug-likeness (QED) is 0.638. The number of aryl methyl sites for hydroxylation is 2. The molecule has 1 fully saturated rings. The summed E-state index contributed by atoms with van der Waals surface area (Å²) in [6, 6.07) is 9.24. The van der Waals surface area contributed by atoms with Crippen molar-refractivity contribution in [2.75, 3.05) is 13.1 Å². The van der Waals surface area contributed by atoms with Gasteiger partial charge in [-0.25, -0.2) is 4.98 Å². The minimum Gasteiger partial charge on any atom is -0.393 e. The van der Waals surface area contributed by atoms with Gasteiger partial charge in [0.2, 0.25) is 0 Å². The smallest absolute Gasteiger partial charge is 0.255 e. The van der Waals surface area contributed by atoms with Crippen LogP contribution < -0.4 is 0 Å². The van der Waals surface area contributed by atoms with Gasteiger partial charge >= 0.3 is 0 Å². The Morgan fingerprint density at radius 3 is 2.68 bits per heavy atom. The molecule has 0 unspecified atom stereocenters. The zero-order valence-corrected chi connectivity index (χ0v) is 18.8. The number of halogens is 2. The van der Waals surface area contributed by atoms with Crippen LogP contribution in [0.15, 0.2) is 24.3 Å². The number of carbonyl (C=O) groups excluding carboxylic acids is 1. The van der Waals surface area contributed by atoms with E-state index in [0.717, 1.165) is 22.3 Å². The van der Waals surface area contributed by atoms with Crippen LogP contribution in [0, 0.1) is 18.3 Å². The Hall–Kier alpha value is -2.59. The lowest BCUT2D eigenvalue weighted by Gasteiger charge is -2.30. The number of aliphatic hydroxyl groups excluding tert-OH is 1. The lowest BCUT2D eigenvalue weighted by atomic mass is 10.0. The number of aromatic nitrogens is 2. The van der Waals surface area contributed by atoms with Gasteiger partial charge in [0.25, 0.3) is 5.91 Å². The molecule has 1 amide bonds. The summed E-state index contributed by atoms with van der Waals surface area (Å²) in [7, 11) is 1.89.